The van der Waals surface area contributed by atoms with Crippen molar-refractivity contribution >= 4 is 10.9 Å². The number of aromatic nitrogens is 1. The summed E-state index contributed by atoms with van der Waals surface area (Å²) in [7, 11) is 1.84. The van der Waals surface area contributed by atoms with Gasteiger partial charge in [0.05, 0.1) is 5.52 Å². The van der Waals surface area contributed by atoms with Gasteiger partial charge >= 0.3 is 0 Å². The van der Waals surface area contributed by atoms with Crippen LogP contribution in [0.25, 0.3) is 10.9 Å². The molecule has 0 bridgehead atoms. The third-order valence-electron chi connectivity index (χ3n) is 4.14. The standard InChI is InChI=1S/C16H22N2O/c1-10-6-7-12-8-13(16(3,4)9-17)15(19)18(5)14(12)11(10)2/h6-8H,9,17H2,1-5H3. The molecule has 0 saturated carbocycles. The molecule has 3 nitrogen and oxygen atoms in total. The third kappa shape index (κ3) is 2.08. The molecule has 2 rings (SSSR count). The minimum atomic E-state index is -0.304. The molecule has 1 aromatic heterocycles. The summed E-state index contributed by atoms with van der Waals surface area (Å²) in [5, 5.41) is 1.10. The van der Waals surface area contributed by atoms with Crippen molar-refractivity contribution in [2.45, 2.75) is 33.1 Å². The molecular formula is C16H22N2O. The van der Waals surface area contributed by atoms with Crippen LogP contribution in [-0.2, 0) is 12.5 Å². The maximum absolute atomic E-state index is 12.6. The summed E-state index contributed by atoms with van der Waals surface area (Å²) in [5.74, 6) is 0. The first-order valence-electron chi connectivity index (χ1n) is 6.60. The van der Waals surface area contributed by atoms with E-state index in [0.29, 0.717) is 6.54 Å². The molecule has 0 unspecified atom stereocenters. The summed E-state index contributed by atoms with van der Waals surface area (Å²) >= 11 is 0. The van der Waals surface area contributed by atoms with Crippen LogP contribution in [0, 0.1) is 13.8 Å². The lowest BCUT2D eigenvalue weighted by Crippen LogP contribution is -2.36. The van der Waals surface area contributed by atoms with Crippen molar-refractivity contribution in [2.75, 3.05) is 6.54 Å². The van der Waals surface area contributed by atoms with Gasteiger partial charge in [-0.2, -0.15) is 0 Å². The molecule has 0 amide bonds. The Labute approximate surface area is 114 Å². The van der Waals surface area contributed by atoms with Gasteiger partial charge in [0, 0.05) is 24.6 Å². The highest BCUT2D eigenvalue weighted by atomic mass is 16.1. The molecule has 1 aromatic carbocycles. The second-order valence-corrected chi connectivity index (χ2v) is 5.96. The number of fused-ring (bicyclic) bond motifs is 1. The first-order chi connectivity index (χ1) is 8.79. The maximum atomic E-state index is 12.6. The molecule has 2 N–H and O–H groups in total. The number of hydrogen-bond donors (Lipinski definition) is 1. The highest BCUT2D eigenvalue weighted by Crippen LogP contribution is 2.25. The molecule has 102 valence electrons. The van der Waals surface area contributed by atoms with E-state index in [1.54, 1.807) is 4.57 Å². The smallest absolute Gasteiger partial charge is 0.254 e. The Hall–Kier alpha value is -1.61. The monoisotopic (exact) mass is 258 g/mol. The number of hydrogen-bond acceptors (Lipinski definition) is 2. The van der Waals surface area contributed by atoms with Gasteiger partial charge in [0.15, 0.2) is 0 Å². The lowest BCUT2D eigenvalue weighted by atomic mass is 9.84. The van der Waals surface area contributed by atoms with Gasteiger partial charge in [-0.05, 0) is 36.4 Å². The Morgan fingerprint density at radius 2 is 1.89 bits per heavy atom. The summed E-state index contributed by atoms with van der Waals surface area (Å²) < 4.78 is 1.75. The van der Waals surface area contributed by atoms with Gasteiger partial charge in [-0.25, -0.2) is 0 Å². The molecule has 19 heavy (non-hydrogen) atoms. The Morgan fingerprint density at radius 1 is 1.26 bits per heavy atom. The third-order valence-corrected chi connectivity index (χ3v) is 4.14. The van der Waals surface area contributed by atoms with Crippen LogP contribution in [0.2, 0.25) is 0 Å². The Morgan fingerprint density at radius 3 is 2.47 bits per heavy atom. The zero-order valence-electron chi connectivity index (χ0n) is 12.4. The molecule has 0 aliphatic rings. The lowest BCUT2D eigenvalue weighted by Gasteiger charge is -2.24. The molecule has 0 aliphatic carbocycles. The van der Waals surface area contributed by atoms with E-state index in [1.165, 1.54) is 5.56 Å². The fourth-order valence-electron chi connectivity index (χ4n) is 2.48. The van der Waals surface area contributed by atoms with Gasteiger partial charge < -0.3 is 10.3 Å². The number of nitrogens with zero attached hydrogens (tertiary/aromatic N) is 1. The molecule has 3 heteroatoms. The zero-order valence-corrected chi connectivity index (χ0v) is 12.4. The van der Waals surface area contributed by atoms with E-state index in [9.17, 15) is 4.79 Å². The molecule has 0 atom stereocenters. The van der Waals surface area contributed by atoms with Crippen molar-refractivity contribution in [3.63, 3.8) is 0 Å². The number of benzene rings is 1. The molecule has 0 fully saturated rings. The van der Waals surface area contributed by atoms with Gasteiger partial charge in [0.2, 0.25) is 0 Å². The van der Waals surface area contributed by atoms with E-state index < -0.39 is 0 Å². The first-order valence-corrected chi connectivity index (χ1v) is 6.60. The number of rotatable bonds is 2. The predicted molar refractivity (Wildman–Crippen MR) is 80.7 cm³/mol. The molecule has 2 aromatic rings. The van der Waals surface area contributed by atoms with Crippen LogP contribution in [0.15, 0.2) is 23.0 Å². The van der Waals surface area contributed by atoms with Crippen LogP contribution in [-0.4, -0.2) is 11.1 Å². The van der Waals surface area contributed by atoms with E-state index >= 15 is 0 Å². The van der Waals surface area contributed by atoms with E-state index in [-0.39, 0.29) is 11.0 Å². The van der Waals surface area contributed by atoms with Crippen molar-refractivity contribution in [3.8, 4) is 0 Å². The fourth-order valence-corrected chi connectivity index (χ4v) is 2.48. The van der Waals surface area contributed by atoms with Gasteiger partial charge in [0.25, 0.3) is 5.56 Å². The predicted octanol–water partition coefficient (Wildman–Crippen LogP) is 2.39. The van der Waals surface area contributed by atoms with Gasteiger partial charge in [-0.15, -0.1) is 0 Å². The van der Waals surface area contributed by atoms with Crippen molar-refractivity contribution in [1.82, 2.24) is 4.57 Å². The maximum Gasteiger partial charge on any atom is 0.254 e. The minimum absolute atomic E-state index is 0.0525. The summed E-state index contributed by atoms with van der Waals surface area (Å²) in [6, 6.07) is 6.17. The van der Waals surface area contributed by atoms with Crippen LogP contribution < -0.4 is 11.3 Å². The normalized spacial score (nSPS) is 12.1. The SMILES string of the molecule is Cc1ccc2cc(C(C)(C)CN)c(=O)n(C)c2c1C. The van der Waals surface area contributed by atoms with Crippen LogP contribution in [0.3, 0.4) is 0 Å². The van der Waals surface area contributed by atoms with E-state index in [2.05, 4.69) is 26.0 Å². The topological polar surface area (TPSA) is 48.0 Å². The molecule has 0 radical (unpaired) electrons. The Balaban J connectivity index is 2.92. The minimum Gasteiger partial charge on any atom is -0.330 e. The van der Waals surface area contributed by atoms with Crippen LogP contribution in [0.1, 0.15) is 30.5 Å². The largest absolute Gasteiger partial charge is 0.330 e. The van der Waals surface area contributed by atoms with Gasteiger partial charge in [-0.3, -0.25) is 4.79 Å². The highest BCUT2D eigenvalue weighted by Gasteiger charge is 2.24. The van der Waals surface area contributed by atoms with Crippen molar-refractivity contribution in [1.29, 1.82) is 0 Å². The fraction of sp³-hybridized carbons (Fsp3) is 0.438. The van der Waals surface area contributed by atoms with E-state index in [0.717, 1.165) is 22.0 Å². The lowest BCUT2D eigenvalue weighted by molar-refractivity contribution is 0.529. The van der Waals surface area contributed by atoms with Crippen LogP contribution in [0.5, 0.6) is 0 Å². The second kappa shape index (κ2) is 4.49. The highest BCUT2D eigenvalue weighted by molar-refractivity contribution is 5.84. The molecule has 0 saturated heterocycles. The van der Waals surface area contributed by atoms with Crippen molar-refractivity contribution < 1.29 is 0 Å². The number of pyridine rings is 1. The second-order valence-electron chi connectivity index (χ2n) is 5.96. The Kier molecular flexibility index (Phi) is 3.27. The average Bonchev–Trinajstić information content (AvgIpc) is 2.37. The van der Waals surface area contributed by atoms with Crippen molar-refractivity contribution in [3.05, 3.63) is 45.2 Å². The first kappa shape index (κ1) is 13.8. The average molecular weight is 258 g/mol. The molecular weight excluding hydrogens is 236 g/mol. The number of aryl methyl sites for hydroxylation is 3. The molecule has 0 spiro atoms. The molecule has 1 heterocycles. The van der Waals surface area contributed by atoms with Crippen LogP contribution in [0.4, 0.5) is 0 Å². The molecule has 0 aliphatic heterocycles. The van der Waals surface area contributed by atoms with Gasteiger partial charge in [-0.1, -0.05) is 26.0 Å². The Bertz CT molecular complexity index is 696. The van der Waals surface area contributed by atoms with Crippen LogP contribution >= 0.6 is 0 Å². The summed E-state index contributed by atoms with van der Waals surface area (Å²) in [6.07, 6.45) is 0. The summed E-state index contributed by atoms with van der Waals surface area (Å²) in [4.78, 5) is 12.6. The van der Waals surface area contributed by atoms with Gasteiger partial charge in [0.1, 0.15) is 0 Å². The zero-order chi connectivity index (χ0) is 14.4. The summed E-state index contributed by atoms with van der Waals surface area (Å²) in [6.45, 7) is 8.60. The van der Waals surface area contributed by atoms with E-state index in [4.69, 9.17) is 5.73 Å². The van der Waals surface area contributed by atoms with Crippen molar-refractivity contribution in [2.24, 2.45) is 12.8 Å². The summed E-state index contributed by atoms with van der Waals surface area (Å²) in [5.41, 5.74) is 9.72. The quantitative estimate of drug-likeness (QED) is 0.899. The van der Waals surface area contributed by atoms with E-state index in [1.807, 2.05) is 27.0 Å². The number of nitrogens with two attached hydrogens (primary N) is 1.